The van der Waals surface area contributed by atoms with Gasteiger partial charge in [0, 0.05) is 12.0 Å². The molecule has 14 heavy (non-hydrogen) atoms. The van der Waals surface area contributed by atoms with Crippen LogP contribution in [0.5, 0.6) is 11.5 Å². The molecule has 0 fully saturated rings. The molecule has 76 valence electrons. The SMILES string of the molecule is CCOc1ccc2c(c1)C[C@H](CO)O2. The zero-order valence-corrected chi connectivity index (χ0v) is 8.19. The monoisotopic (exact) mass is 194 g/mol. The highest BCUT2D eigenvalue weighted by Crippen LogP contribution is 2.31. The lowest BCUT2D eigenvalue weighted by Crippen LogP contribution is -2.17. The van der Waals surface area contributed by atoms with E-state index in [1.165, 1.54) is 0 Å². The Hall–Kier alpha value is -1.22. The Labute approximate surface area is 83.3 Å². The van der Waals surface area contributed by atoms with Gasteiger partial charge in [-0.05, 0) is 25.1 Å². The average molecular weight is 194 g/mol. The number of benzene rings is 1. The molecule has 3 heteroatoms. The molecule has 1 heterocycles. The number of fused-ring (bicyclic) bond motifs is 1. The molecule has 3 nitrogen and oxygen atoms in total. The molecule has 0 aliphatic carbocycles. The van der Waals surface area contributed by atoms with Gasteiger partial charge >= 0.3 is 0 Å². The van der Waals surface area contributed by atoms with E-state index in [-0.39, 0.29) is 12.7 Å². The second-order valence-corrected chi connectivity index (χ2v) is 3.33. The smallest absolute Gasteiger partial charge is 0.126 e. The van der Waals surface area contributed by atoms with Gasteiger partial charge in [-0.1, -0.05) is 0 Å². The van der Waals surface area contributed by atoms with E-state index in [1.54, 1.807) is 0 Å². The lowest BCUT2D eigenvalue weighted by molar-refractivity contribution is 0.134. The van der Waals surface area contributed by atoms with E-state index in [9.17, 15) is 0 Å². The van der Waals surface area contributed by atoms with Gasteiger partial charge in [-0.25, -0.2) is 0 Å². The molecule has 1 aromatic carbocycles. The van der Waals surface area contributed by atoms with E-state index in [1.807, 2.05) is 25.1 Å². The minimum atomic E-state index is -0.0816. The molecule has 2 rings (SSSR count). The number of hydrogen-bond donors (Lipinski definition) is 1. The van der Waals surface area contributed by atoms with Gasteiger partial charge in [-0.3, -0.25) is 0 Å². The summed E-state index contributed by atoms with van der Waals surface area (Å²) in [5, 5.41) is 8.95. The molecular formula is C11H14O3. The summed E-state index contributed by atoms with van der Waals surface area (Å²) in [5.41, 5.74) is 1.12. The molecule has 0 bridgehead atoms. The third kappa shape index (κ3) is 1.68. The second kappa shape index (κ2) is 3.88. The molecule has 1 N–H and O–H groups in total. The topological polar surface area (TPSA) is 38.7 Å². The summed E-state index contributed by atoms with van der Waals surface area (Å²) in [7, 11) is 0. The van der Waals surface area contributed by atoms with Crippen molar-refractivity contribution in [2.75, 3.05) is 13.2 Å². The molecule has 0 aromatic heterocycles. The van der Waals surface area contributed by atoms with Gasteiger partial charge in [-0.2, -0.15) is 0 Å². The van der Waals surface area contributed by atoms with Crippen molar-refractivity contribution in [2.24, 2.45) is 0 Å². The van der Waals surface area contributed by atoms with Gasteiger partial charge < -0.3 is 14.6 Å². The zero-order valence-electron chi connectivity index (χ0n) is 8.19. The van der Waals surface area contributed by atoms with Crippen LogP contribution in [0.4, 0.5) is 0 Å². The normalized spacial score (nSPS) is 18.9. The van der Waals surface area contributed by atoms with E-state index < -0.39 is 0 Å². The highest BCUT2D eigenvalue weighted by atomic mass is 16.5. The van der Waals surface area contributed by atoms with Gasteiger partial charge in [0.25, 0.3) is 0 Å². The minimum Gasteiger partial charge on any atom is -0.494 e. The number of ether oxygens (including phenoxy) is 2. The highest BCUT2D eigenvalue weighted by Gasteiger charge is 2.22. The number of rotatable bonds is 3. The minimum absolute atomic E-state index is 0.0681. The Morgan fingerprint density at radius 3 is 3.14 bits per heavy atom. The predicted molar refractivity (Wildman–Crippen MR) is 52.8 cm³/mol. The first-order valence-electron chi connectivity index (χ1n) is 4.86. The average Bonchev–Trinajstić information content (AvgIpc) is 2.60. The highest BCUT2D eigenvalue weighted by molar-refractivity contribution is 5.43. The number of aliphatic hydroxyl groups is 1. The lowest BCUT2D eigenvalue weighted by atomic mass is 10.1. The van der Waals surface area contributed by atoms with E-state index in [0.717, 1.165) is 23.5 Å². The van der Waals surface area contributed by atoms with Gasteiger partial charge in [-0.15, -0.1) is 0 Å². The molecule has 1 aliphatic rings. The molecular weight excluding hydrogens is 180 g/mol. The maximum Gasteiger partial charge on any atom is 0.126 e. The van der Waals surface area contributed by atoms with Crippen molar-refractivity contribution in [1.82, 2.24) is 0 Å². The summed E-state index contributed by atoms with van der Waals surface area (Å²) in [5.74, 6) is 1.74. The summed E-state index contributed by atoms with van der Waals surface area (Å²) in [6.07, 6.45) is 0.689. The van der Waals surface area contributed by atoms with Crippen LogP contribution in [-0.4, -0.2) is 24.4 Å². The predicted octanol–water partition coefficient (Wildman–Crippen LogP) is 1.38. The molecule has 0 radical (unpaired) electrons. The molecule has 0 amide bonds. The maximum atomic E-state index is 8.95. The Morgan fingerprint density at radius 2 is 2.43 bits per heavy atom. The van der Waals surface area contributed by atoms with Gasteiger partial charge in [0.15, 0.2) is 0 Å². The van der Waals surface area contributed by atoms with Crippen LogP contribution in [0.25, 0.3) is 0 Å². The Morgan fingerprint density at radius 1 is 1.57 bits per heavy atom. The standard InChI is InChI=1S/C11H14O3/c1-2-13-9-3-4-11-8(5-9)6-10(7-12)14-11/h3-5,10,12H,2,6-7H2,1H3/t10-/m1/s1. The summed E-state index contributed by atoms with van der Waals surface area (Å²) >= 11 is 0. The van der Waals surface area contributed by atoms with E-state index in [0.29, 0.717) is 6.61 Å². The molecule has 1 aromatic rings. The van der Waals surface area contributed by atoms with Crippen LogP contribution in [0.1, 0.15) is 12.5 Å². The van der Waals surface area contributed by atoms with Crippen LogP contribution >= 0.6 is 0 Å². The Balaban J connectivity index is 2.17. The van der Waals surface area contributed by atoms with Crippen LogP contribution in [0.2, 0.25) is 0 Å². The van der Waals surface area contributed by atoms with Crippen molar-refractivity contribution in [2.45, 2.75) is 19.4 Å². The Kier molecular flexibility index (Phi) is 2.59. The zero-order chi connectivity index (χ0) is 9.97. The van der Waals surface area contributed by atoms with Gasteiger partial charge in [0.1, 0.15) is 17.6 Å². The van der Waals surface area contributed by atoms with E-state index in [4.69, 9.17) is 14.6 Å². The summed E-state index contributed by atoms with van der Waals surface area (Å²) in [4.78, 5) is 0. The van der Waals surface area contributed by atoms with Crippen molar-refractivity contribution in [3.05, 3.63) is 23.8 Å². The van der Waals surface area contributed by atoms with Gasteiger partial charge in [0.2, 0.25) is 0 Å². The third-order valence-corrected chi connectivity index (χ3v) is 2.29. The van der Waals surface area contributed by atoms with E-state index >= 15 is 0 Å². The summed E-state index contributed by atoms with van der Waals surface area (Å²) in [6, 6.07) is 5.77. The Bertz CT molecular complexity index is 322. The first-order valence-corrected chi connectivity index (χ1v) is 4.86. The molecule has 1 atom stereocenters. The van der Waals surface area contributed by atoms with E-state index in [2.05, 4.69) is 0 Å². The van der Waals surface area contributed by atoms with Crippen LogP contribution in [0.3, 0.4) is 0 Å². The third-order valence-electron chi connectivity index (χ3n) is 2.29. The molecule has 0 saturated heterocycles. The lowest BCUT2D eigenvalue weighted by Gasteiger charge is -2.05. The second-order valence-electron chi connectivity index (χ2n) is 3.33. The fourth-order valence-electron chi connectivity index (χ4n) is 1.66. The van der Waals surface area contributed by atoms with Crippen molar-refractivity contribution < 1.29 is 14.6 Å². The molecule has 0 unspecified atom stereocenters. The molecule has 0 spiro atoms. The van der Waals surface area contributed by atoms with Gasteiger partial charge in [0.05, 0.1) is 13.2 Å². The van der Waals surface area contributed by atoms with Crippen LogP contribution in [0, 0.1) is 0 Å². The molecule has 1 aliphatic heterocycles. The fourth-order valence-corrected chi connectivity index (χ4v) is 1.66. The summed E-state index contributed by atoms with van der Waals surface area (Å²) in [6.45, 7) is 2.70. The van der Waals surface area contributed by atoms with Crippen LogP contribution in [0.15, 0.2) is 18.2 Å². The largest absolute Gasteiger partial charge is 0.494 e. The van der Waals surface area contributed by atoms with Crippen LogP contribution in [-0.2, 0) is 6.42 Å². The quantitative estimate of drug-likeness (QED) is 0.790. The summed E-state index contributed by atoms with van der Waals surface area (Å²) < 4.78 is 10.9. The molecule has 0 saturated carbocycles. The number of hydrogen-bond acceptors (Lipinski definition) is 3. The van der Waals surface area contributed by atoms with Crippen molar-refractivity contribution >= 4 is 0 Å². The first-order chi connectivity index (χ1) is 6.83. The van der Waals surface area contributed by atoms with Crippen LogP contribution < -0.4 is 9.47 Å². The van der Waals surface area contributed by atoms with Crippen molar-refractivity contribution in [3.8, 4) is 11.5 Å². The van der Waals surface area contributed by atoms with Crippen molar-refractivity contribution in [1.29, 1.82) is 0 Å². The fraction of sp³-hybridized carbons (Fsp3) is 0.455. The first kappa shape index (κ1) is 9.34. The number of aliphatic hydroxyl groups excluding tert-OH is 1. The maximum absolute atomic E-state index is 8.95. The van der Waals surface area contributed by atoms with Crippen molar-refractivity contribution in [3.63, 3.8) is 0 Å².